The van der Waals surface area contributed by atoms with Gasteiger partial charge in [-0.05, 0) is 36.4 Å². The molecule has 36 heavy (non-hydrogen) atoms. The molecule has 3 aromatic rings. The smallest absolute Gasteiger partial charge is 0.323 e. The van der Waals surface area contributed by atoms with Gasteiger partial charge in [-0.2, -0.15) is 13.2 Å². The second kappa shape index (κ2) is 9.82. The molecule has 0 aliphatic carbocycles. The van der Waals surface area contributed by atoms with E-state index in [9.17, 15) is 32.5 Å². The highest BCUT2D eigenvalue weighted by Gasteiger charge is 2.30. The largest absolute Gasteiger partial charge is 0.435 e. The fourth-order valence-corrected chi connectivity index (χ4v) is 3.31. The fraction of sp³-hybridized carbons (Fsp3) is 0.0870. The Labute approximate surface area is 200 Å². The maximum atomic E-state index is 14.5. The third kappa shape index (κ3) is 5.46. The first-order chi connectivity index (χ1) is 17.1. The van der Waals surface area contributed by atoms with Crippen molar-refractivity contribution in [1.29, 1.82) is 0 Å². The third-order valence-corrected chi connectivity index (χ3v) is 4.92. The van der Waals surface area contributed by atoms with Crippen molar-refractivity contribution < 1.29 is 32.1 Å². The first-order valence-electron chi connectivity index (χ1n) is 10.2. The molecule has 1 amide bonds. The van der Waals surface area contributed by atoms with E-state index in [0.29, 0.717) is 0 Å². The molecule has 1 aliphatic rings. The molecule has 0 atom stereocenters. The van der Waals surface area contributed by atoms with Crippen molar-refractivity contribution in [3.8, 4) is 0 Å². The summed E-state index contributed by atoms with van der Waals surface area (Å²) in [5, 5.41) is 13.4. The van der Waals surface area contributed by atoms with Crippen molar-refractivity contribution in [1.82, 2.24) is 5.48 Å². The van der Waals surface area contributed by atoms with Gasteiger partial charge in [0.15, 0.2) is 5.84 Å². The van der Waals surface area contributed by atoms with Crippen LogP contribution in [0.25, 0.3) is 0 Å². The number of halogens is 4. The molecular formula is C23H15F4N5O4. The Morgan fingerprint density at radius 2 is 1.81 bits per heavy atom. The second-order valence-electron chi connectivity index (χ2n) is 7.36. The summed E-state index contributed by atoms with van der Waals surface area (Å²) >= 11 is 0. The molecule has 0 bridgehead atoms. The fourth-order valence-electron chi connectivity index (χ4n) is 3.31. The lowest BCUT2D eigenvalue weighted by Gasteiger charge is -2.11. The number of non-ortho nitro benzene ring substituents is 1. The van der Waals surface area contributed by atoms with Gasteiger partial charge in [0.25, 0.3) is 5.69 Å². The van der Waals surface area contributed by atoms with Gasteiger partial charge in [0, 0.05) is 28.9 Å². The molecule has 0 radical (unpaired) electrons. The maximum Gasteiger partial charge on any atom is 0.435 e. The second-order valence-corrected chi connectivity index (χ2v) is 7.36. The Morgan fingerprint density at radius 3 is 2.53 bits per heavy atom. The van der Waals surface area contributed by atoms with Crippen molar-refractivity contribution in [3.05, 3.63) is 99.4 Å². The lowest BCUT2D eigenvalue weighted by atomic mass is 9.99. The van der Waals surface area contributed by atoms with Crippen LogP contribution in [0, 0.1) is 15.9 Å². The van der Waals surface area contributed by atoms with Crippen LogP contribution >= 0.6 is 0 Å². The first-order valence-corrected chi connectivity index (χ1v) is 10.2. The quantitative estimate of drug-likeness (QED) is 0.284. The van der Waals surface area contributed by atoms with Gasteiger partial charge in [-0.15, -0.1) is 0 Å². The van der Waals surface area contributed by atoms with Crippen molar-refractivity contribution in [3.63, 3.8) is 0 Å². The van der Waals surface area contributed by atoms with Crippen LogP contribution in [0.5, 0.6) is 0 Å². The minimum Gasteiger partial charge on any atom is -0.323 e. The van der Waals surface area contributed by atoms with Crippen molar-refractivity contribution >= 4 is 34.7 Å². The van der Waals surface area contributed by atoms with Crippen LogP contribution in [0.2, 0.25) is 0 Å². The van der Waals surface area contributed by atoms with Gasteiger partial charge in [-0.3, -0.25) is 20.4 Å². The Balaban J connectivity index is 1.56. The molecule has 9 nitrogen and oxygen atoms in total. The SMILES string of the molecule is O=C(Nc1cccc(C(F)(F)F)c1)ONC1=Nc2ccc([N+](=O)[O-])cc2C(c2ccccc2F)=NC1. The topological polar surface area (TPSA) is 118 Å². The highest BCUT2D eigenvalue weighted by molar-refractivity contribution is 6.17. The standard InChI is InChI=1S/C23H15F4N5O4/c24-18-7-2-1-6-16(18)21-17-11-15(32(34)35)8-9-19(17)30-20(12-28-21)31-36-22(33)29-14-5-3-4-13(10-14)23(25,26)27/h1-11H,12H2,(H,29,33)(H,30,31). The molecule has 1 aliphatic heterocycles. The van der Waals surface area contributed by atoms with E-state index in [0.717, 1.165) is 18.2 Å². The molecule has 13 heteroatoms. The van der Waals surface area contributed by atoms with Crippen molar-refractivity contribution in [2.45, 2.75) is 6.18 Å². The molecular weight excluding hydrogens is 486 g/mol. The van der Waals surface area contributed by atoms with Gasteiger partial charge in [-0.1, -0.05) is 18.2 Å². The minimum atomic E-state index is -4.59. The van der Waals surface area contributed by atoms with Crippen LogP contribution in [0.4, 0.5) is 39.4 Å². The van der Waals surface area contributed by atoms with E-state index in [2.05, 4.69) is 20.8 Å². The number of nitro benzene ring substituents is 1. The van der Waals surface area contributed by atoms with Crippen molar-refractivity contribution in [2.24, 2.45) is 9.98 Å². The normalized spacial score (nSPS) is 13.0. The van der Waals surface area contributed by atoms with Gasteiger partial charge in [0.1, 0.15) is 12.4 Å². The number of aliphatic imine (C=N–C) groups is 2. The van der Waals surface area contributed by atoms with E-state index in [1.807, 2.05) is 0 Å². The van der Waals surface area contributed by atoms with Gasteiger partial charge in [0.2, 0.25) is 0 Å². The number of carbonyl (C=O) groups is 1. The number of hydrogen-bond donors (Lipinski definition) is 2. The number of hydrogen-bond acceptors (Lipinski definition) is 7. The molecule has 2 N–H and O–H groups in total. The average molecular weight is 501 g/mol. The van der Waals surface area contributed by atoms with Crippen LogP contribution in [0.3, 0.4) is 0 Å². The van der Waals surface area contributed by atoms with Crippen LogP contribution in [0.15, 0.2) is 76.7 Å². The zero-order valence-corrected chi connectivity index (χ0v) is 18.0. The van der Waals surface area contributed by atoms with E-state index < -0.39 is 28.6 Å². The number of fused-ring (bicyclic) bond motifs is 1. The van der Waals surface area contributed by atoms with Gasteiger partial charge in [0.05, 0.1) is 21.9 Å². The Bertz CT molecular complexity index is 1410. The lowest BCUT2D eigenvalue weighted by Crippen LogP contribution is -2.31. The first kappa shape index (κ1) is 24.3. The van der Waals surface area contributed by atoms with E-state index in [-0.39, 0.29) is 46.3 Å². The molecule has 1 heterocycles. The molecule has 3 aromatic carbocycles. The molecule has 0 spiro atoms. The molecule has 4 rings (SSSR count). The summed E-state index contributed by atoms with van der Waals surface area (Å²) in [7, 11) is 0. The number of nitrogens with one attached hydrogen (secondary N) is 2. The highest BCUT2D eigenvalue weighted by Crippen LogP contribution is 2.31. The van der Waals surface area contributed by atoms with E-state index in [4.69, 9.17) is 4.84 Å². The van der Waals surface area contributed by atoms with Gasteiger partial charge in [-0.25, -0.2) is 19.7 Å². The van der Waals surface area contributed by atoms with E-state index >= 15 is 0 Å². The number of benzene rings is 3. The lowest BCUT2D eigenvalue weighted by molar-refractivity contribution is -0.384. The third-order valence-electron chi connectivity index (χ3n) is 4.92. The van der Waals surface area contributed by atoms with Crippen LogP contribution in [-0.2, 0) is 11.0 Å². The zero-order valence-electron chi connectivity index (χ0n) is 18.0. The maximum absolute atomic E-state index is 14.5. The van der Waals surface area contributed by atoms with Crippen LogP contribution in [0.1, 0.15) is 16.7 Å². The number of rotatable bonds is 3. The molecule has 184 valence electrons. The summed E-state index contributed by atoms with van der Waals surface area (Å²) in [6.07, 6.45) is -5.73. The van der Waals surface area contributed by atoms with Gasteiger partial charge < -0.3 is 4.84 Å². The molecule has 0 aromatic heterocycles. The molecule has 0 saturated heterocycles. The highest BCUT2D eigenvalue weighted by atomic mass is 19.4. The number of amides is 1. The Hall–Kier alpha value is -4.81. The summed E-state index contributed by atoms with van der Waals surface area (Å²) in [6, 6.07) is 13.4. The van der Waals surface area contributed by atoms with E-state index in [1.165, 1.54) is 42.5 Å². The molecule has 0 saturated carbocycles. The number of anilines is 1. The minimum absolute atomic E-state index is 0.0179. The summed E-state index contributed by atoms with van der Waals surface area (Å²) < 4.78 is 53.1. The van der Waals surface area contributed by atoms with Crippen LogP contribution < -0.4 is 10.8 Å². The zero-order chi connectivity index (χ0) is 25.9. The van der Waals surface area contributed by atoms with E-state index in [1.54, 1.807) is 6.07 Å². The number of carbonyl (C=O) groups excluding carboxylic acids is 1. The predicted octanol–water partition coefficient (Wildman–Crippen LogP) is 5.39. The number of hydroxylamine groups is 1. The van der Waals surface area contributed by atoms with Crippen LogP contribution in [-0.4, -0.2) is 29.1 Å². The number of alkyl halides is 3. The summed E-state index contributed by atoms with van der Waals surface area (Å²) in [5.74, 6) is -0.627. The summed E-state index contributed by atoms with van der Waals surface area (Å²) in [6.45, 7) is -0.233. The Kier molecular flexibility index (Phi) is 6.63. The molecule has 0 fully saturated rings. The predicted molar refractivity (Wildman–Crippen MR) is 122 cm³/mol. The van der Waals surface area contributed by atoms with Crippen molar-refractivity contribution in [2.75, 3.05) is 11.9 Å². The number of nitrogens with zero attached hydrogens (tertiary/aromatic N) is 3. The molecule has 0 unspecified atom stereocenters. The Morgan fingerprint density at radius 1 is 1.03 bits per heavy atom. The summed E-state index contributed by atoms with van der Waals surface area (Å²) in [4.78, 5) is 36.2. The van der Waals surface area contributed by atoms with Gasteiger partial charge >= 0.3 is 12.3 Å². The number of nitro groups is 1. The average Bonchev–Trinajstić information content (AvgIpc) is 3.01. The summed E-state index contributed by atoms with van der Waals surface area (Å²) in [5.41, 5.74) is 1.44. The monoisotopic (exact) mass is 501 g/mol. The number of amidine groups is 1.